The van der Waals surface area contributed by atoms with E-state index in [0.29, 0.717) is 27.2 Å². The minimum Gasteiger partial charge on any atom is -0.437 e. The molecule has 0 aliphatic heterocycles. The predicted octanol–water partition coefficient (Wildman–Crippen LogP) is 4.44. The van der Waals surface area contributed by atoms with Gasteiger partial charge in [-0.15, -0.1) is 0 Å². The van der Waals surface area contributed by atoms with Crippen molar-refractivity contribution < 1.29 is 9.84 Å². The average molecular weight is 349 g/mol. The number of nitrogens with zero attached hydrogens (tertiary/aromatic N) is 1. The Kier molecular flexibility index (Phi) is 4.45. The van der Waals surface area contributed by atoms with E-state index in [0.717, 1.165) is 4.47 Å². The molecule has 0 atom stereocenters. The van der Waals surface area contributed by atoms with Crippen LogP contribution in [0.1, 0.15) is 5.56 Å². The molecule has 1 N–H and O–H groups in total. The third-order valence-corrected chi connectivity index (χ3v) is 3.14. The van der Waals surface area contributed by atoms with Crippen LogP contribution in [-0.4, -0.2) is 10.1 Å². The number of ether oxygens (including phenoxy) is 1. The Bertz CT molecular complexity index is 578. The summed E-state index contributed by atoms with van der Waals surface area (Å²) in [7, 11) is 0. The van der Waals surface area contributed by atoms with Crippen LogP contribution in [0.2, 0.25) is 10.0 Å². The highest BCUT2D eigenvalue weighted by atomic mass is 79.9. The van der Waals surface area contributed by atoms with Gasteiger partial charge >= 0.3 is 0 Å². The molecule has 0 saturated heterocycles. The highest BCUT2D eigenvalue weighted by molar-refractivity contribution is 9.10. The van der Waals surface area contributed by atoms with Gasteiger partial charge in [0.15, 0.2) is 0 Å². The predicted molar refractivity (Wildman–Crippen MR) is 74.4 cm³/mol. The molecule has 1 heterocycles. The number of benzene rings is 1. The van der Waals surface area contributed by atoms with Crippen molar-refractivity contribution in [2.75, 3.05) is 0 Å². The van der Waals surface area contributed by atoms with Crippen LogP contribution in [0.5, 0.6) is 11.6 Å². The number of pyridine rings is 1. The van der Waals surface area contributed by atoms with Crippen molar-refractivity contribution in [1.82, 2.24) is 4.98 Å². The first-order valence-corrected chi connectivity index (χ1v) is 6.53. The molecule has 0 bridgehead atoms. The second-order valence-corrected chi connectivity index (χ2v) is 5.21. The molecule has 0 fully saturated rings. The van der Waals surface area contributed by atoms with Gasteiger partial charge in [0.05, 0.1) is 11.6 Å². The van der Waals surface area contributed by atoms with Gasteiger partial charge in [0.1, 0.15) is 5.75 Å². The maximum atomic E-state index is 9.24. The third-order valence-electron chi connectivity index (χ3n) is 2.16. The Morgan fingerprint density at radius 1 is 1.28 bits per heavy atom. The fourth-order valence-electron chi connectivity index (χ4n) is 1.33. The van der Waals surface area contributed by atoms with Gasteiger partial charge in [-0.1, -0.05) is 23.2 Å². The monoisotopic (exact) mass is 347 g/mol. The fourth-order valence-corrected chi connectivity index (χ4v) is 2.03. The fraction of sp³-hybridized carbons (Fsp3) is 0.0833. The zero-order chi connectivity index (χ0) is 13.1. The first-order chi connectivity index (χ1) is 8.60. The molecule has 0 spiro atoms. The van der Waals surface area contributed by atoms with Gasteiger partial charge in [-0.2, -0.15) is 0 Å². The third kappa shape index (κ3) is 3.14. The van der Waals surface area contributed by atoms with Gasteiger partial charge < -0.3 is 9.84 Å². The number of hydrogen-bond donors (Lipinski definition) is 1. The first kappa shape index (κ1) is 13.6. The topological polar surface area (TPSA) is 42.4 Å². The van der Waals surface area contributed by atoms with Crippen LogP contribution in [0.15, 0.2) is 34.9 Å². The normalized spacial score (nSPS) is 10.4. The minimum absolute atomic E-state index is 0.181. The molecule has 0 aliphatic rings. The lowest BCUT2D eigenvalue weighted by Gasteiger charge is -2.10. The molecule has 0 saturated carbocycles. The SMILES string of the molecule is OCc1cc(Br)cnc1Oc1cc(Cl)ccc1Cl. The zero-order valence-electron chi connectivity index (χ0n) is 9.03. The maximum absolute atomic E-state index is 9.24. The van der Waals surface area contributed by atoms with Crippen LogP contribution in [0.25, 0.3) is 0 Å². The Morgan fingerprint density at radius 2 is 2.06 bits per heavy atom. The summed E-state index contributed by atoms with van der Waals surface area (Å²) in [5, 5.41) is 10.2. The van der Waals surface area contributed by atoms with Crippen LogP contribution >= 0.6 is 39.1 Å². The van der Waals surface area contributed by atoms with Gasteiger partial charge in [0, 0.05) is 27.3 Å². The van der Waals surface area contributed by atoms with E-state index < -0.39 is 0 Å². The Labute approximate surface area is 122 Å². The highest BCUT2D eigenvalue weighted by Crippen LogP contribution is 2.33. The standard InChI is InChI=1S/C12H8BrCl2NO2/c13-8-3-7(6-17)12(16-5-8)18-11-4-9(14)1-2-10(11)15/h1-5,17H,6H2. The summed E-state index contributed by atoms with van der Waals surface area (Å²) in [6.07, 6.45) is 1.58. The molecular weight excluding hydrogens is 341 g/mol. The highest BCUT2D eigenvalue weighted by Gasteiger charge is 2.10. The van der Waals surface area contributed by atoms with Crippen molar-refractivity contribution in [2.24, 2.45) is 0 Å². The van der Waals surface area contributed by atoms with Gasteiger partial charge in [0.25, 0.3) is 0 Å². The lowest BCUT2D eigenvalue weighted by Crippen LogP contribution is -1.95. The Balaban J connectivity index is 2.36. The molecule has 18 heavy (non-hydrogen) atoms. The van der Waals surface area contributed by atoms with Crippen molar-refractivity contribution in [3.63, 3.8) is 0 Å². The minimum atomic E-state index is -0.181. The van der Waals surface area contributed by atoms with E-state index in [2.05, 4.69) is 20.9 Å². The van der Waals surface area contributed by atoms with E-state index >= 15 is 0 Å². The number of aliphatic hydroxyl groups excluding tert-OH is 1. The van der Waals surface area contributed by atoms with E-state index in [1.807, 2.05) is 0 Å². The molecule has 6 heteroatoms. The molecule has 1 aromatic heterocycles. The van der Waals surface area contributed by atoms with Gasteiger partial charge in [-0.25, -0.2) is 4.98 Å². The van der Waals surface area contributed by atoms with Gasteiger partial charge in [0.2, 0.25) is 5.88 Å². The lowest BCUT2D eigenvalue weighted by molar-refractivity contribution is 0.275. The summed E-state index contributed by atoms with van der Waals surface area (Å²) in [5.74, 6) is 0.693. The van der Waals surface area contributed by atoms with Crippen molar-refractivity contribution in [1.29, 1.82) is 0 Å². The second kappa shape index (κ2) is 5.89. The van der Waals surface area contributed by atoms with Crippen LogP contribution < -0.4 is 4.74 Å². The summed E-state index contributed by atoms with van der Waals surface area (Å²) in [5.41, 5.74) is 0.556. The average Bonchev–Trinajstić information content (AvgIpc) is 2.36. The molecule has 2 rings (SSSR count). The Hall–Kier alpha value is -0.810. The molecule has 2 aromatic rings. The lowest BCUT2D eigenvalue weighted by atomic mass is 10.3. The molecule has 0 aliphatic carbocycles. The summed E-state index contributed by atoms with van der Waals surface area (Å²) < 4.78 is 6.32. The number of aliphatic hydroxyl groups is 1. The Morgan fingerprint density at radius 3 is 2.78 bits per heavy atom. The number of rotatable bonds is 3. The van der Waals surface area contributed by atoms with E-state index in [4.69, 9.17) is 27.9 Å². The van der Waals surface area contributed by atoms with Crippen molar-refractivity contribution in [3.05, 3.63) is 50.5 Å². The maximum Gasteiger partial charge on any atom is 0.224 e. The van der Waals surface area contributed by atoms with E-state index in [1.54, 1.807) is 30.5 Å². The molecule has 3 nitrogen and oxygen atoms in total. The molecular formula is C12H8BrCl2NO2. The molecule has 94 valence electrons. The van der Waals surface area contributed by atoms with Crippen molar-refractivity contribution in [2.45, 2.75) is 6.61 Å². The van der Waals surface area contributed by atoms with Crippen molar-refractivity contribution in [3.8, 4) is 11.6 Å². The molecule has 1 aromatic carbocycles. The smallest absolute Gasteiger partial charge is 0.224 e. The van der Waals surface area contributed by atoms with Gasteiger partial charge in [-0.05, 0) is 34.1 Å². The summed E-state index contributed by atoms with van der Waals surface area (Å²) in [4.78, 5) is 4.08. The summed E-state index contributed by atoms with van der Waals surface area (Å²) in [6, 6.07) is 6.62. The van der Waals surface area contributed by atoms with Crippen LogP contribution in [0, 0.1) is 0 Å². The van der Waals surface area contributed by atoms with Crippen LogP contribution in [-0.2, 0) is 6.61 Å². The molecule has 0 radical (unpaired) electrons. The van der Waals surface area contributed by atoms with Crippen LogP contribution in [0.3, 0.4) is 0 Å². The number of hydrogen-bond acceptors (Lipinski definition) is 3. The zero-order valence-corrected chi connectivity index (χ0v) is 12.1. The summed E-state index contributed by atoms with van der Waals surface area (Å²) in [6.45, 7) is -0.181. The second-order valence-electron chi connectivity index (χ2n) is 3.45. The van der Waals surface area contributed by atoms with E-state index in [-0.39, 0.29) is 6.61 Å². The van der Waals surface area contributed by atoms with Crippen LogP contribution in [0.4, 0.5) is 0 Å². The van der Waals surface area contributed by atoms with E-state index in [9.17, 15) is 5.11 Å². The van der Waals surface area contributed by atoms with Crippen molar-refractivity contribution >= 4 is 39.1 Å². The number of aromatic nitrogens is 1. The van der Waals surface area contributed by atoms with Gasteiger partial charge in [-0.3, -0.25) is 0 Å². The van der Waals surface area contributed by atoms with E-state index in [1.165, 1.54) is 0 Å². The molecule has 0 unspecified atom stereocenters. The quantitative estimate of drug-likeness (QED) is 0.891. The number of halogens is 3. The largest absolute Gasteiger partial charge is 0.437 e. The summed E-state index contributed by atoms with van der Waals surface area (Å²) >= 11 is 15.1. The first-order valence-electron chi connectivity index (χ1n) is 4.98. The molecule has 0 amide bonds.